The minimum absolute atomic E-state index is 0.108. The Bertz CT molecular complexity index is 243. The maximum atomic E-state index is 10.3. The van der Waals surface area contributed by atoms with Gasteiger partial charge in [0, 0.05) is 17.4 Å². The van der Waals surface area contributed by atoms with Crippen LogP contribution in [0.25, 0.3) is 0 Å². The Labute approximate surface area is 93.8 Å². The molecule has 1 unspecified atom stereocenters. The Hall–Kier alpha value is -0.970. The fourth-order valence-electron chi connectivity index (χ4n) is 0.934. The number of amides is 1. The molecular weight excluding hydrogens is 186 g/mol. The first kappa shape index (κ1) is 14.0. The molecule has 0 aromatic carbocycles. The topological polar surface area (TPSA) is 29.1 Å². The van der Waals surface area contributed by atoms with Gasteiger partial charge in [-0.1, -0.05) is 25.7 Å². The molecule has 0 spiro atoms. The monoisotopic (exact) mass is 209 g/mol. The summed E-state index contributed by atoms with van der Waals surface area (Å²) in [5, 5.41) is 2.75. The van der Waals surface area contributed by atoms with Crippen LogP contribution in [0.3, 0.4) is 0 Å². The maximum Gasteiger partial charge on any atom is 0.207 e. The molecule has 0 aromatic heterocycles. The molecule has 0 bridgehead atoms. The van der Waals surface area contributed by atoms with Gasteiger partial charge in [-0.3, -0.25) is 4.79 Å². The van der Waals surface area contributed by atoms with E-state index >= 15 is 0 Å². The van der Waals surface area contributed by atoms with Gasteiger partial charge in [0.25, 0.3) is 0 Å². The Morgan fingerprint density at radius 3 is 2.33 bits per heavy atom. The van der Waals surface area contributed by atoms with E-state index in [1.165, 1.54) is 12.8 Å². The van der Waals surface area contributed by atoms with Gasteiger partial charge in [-0.25, -0.2) is 0 Å². The molecule has 1 aliphatic rings. The van der Waals surface area contributed by atoms with Crippen LogP contribution in [0.5, 0.6) is 0 Å². The summed E-state index contributed by atoms with van der Waals surface area (Å²) in [6, 6.07) is 0.108. The smallest absolute Gasteiger partial charge is 0.207 e. The van der Waals surface area contributed by atoms with Crippen LogP contribution in [-0.2, 0) is 4.79 Å². The highest BCUT2D eigenvalue weighted by atomic mass is 16.1. The molecule has 15 heavy (non-hydrogen) atoms. The minimum atomic E-state index is -0.122. The molecule has 2 heteroatoms. The van der Waals surface area contributed by atoms with Crippen LogP contribution in [0.4, 0.5) is 0 Å². The molecular formula is C13H23NO. The van der Waals surface area contributed by atoms with Crippen LogP contribution in [0, 0.1) is 23.2 Å². The fourth-order valence-corrected chi connectivity index (χ4v) is 0.934. The van der Waals surface area contributed by atoms with E-state index in [-0.39, 0.29) is 11.5 Å². The summed E-state index contributed by atoms with van der Waals surface area (Å²) in [5.41, 5.74) is -0.122. The first-order valence-electron chi connectivity index (χ1n) is 5.78. The molecule has 86 valence electrons. The number of carbonyl (C=O) groups excluding carboxylic acids is 1. The molecule has 1 aliphatic carbocycles. The third kappa shape index (κ3) is 5.47. The first-order valence-corrected chi connectivity index (χ1v) is 5.78. The summed E-state index contributed by atoms with van der Waals surface area (Å²) in [7, 11) is 0. The number of carbonyl (C=O) groups is 1. The van der Waals surface area contributed by atoms with Crippen LogP contribution in [0.15, 0.2) is 0 Å². The van der Waals surface area contributed by atoms with Crippen LogP contribution in [0.1, 0.15) is 47.5 Å². The average molecular weight is 209 g/mol. The molecule has 2 nitrogen and oxygen atoms in total. The molecule has 0 heterocycles. The second-order valence-corrected chi connectivity index (χ2v) is 4.27. The summed E-state index contributed by atoms with van der Waals surface area (Å²) in [6.45, 7) is 10.1. The van der Waals surface area contributed by atoms with Crippen molar-refractivity contribution in [1.82, 2.24) is 5.32 Å². The van der Waals surface area contributed by atoms with E-state index in [2.05, 4.69) is 31.0 Å². The highest BCUT2D eigenvalue weighted by Gasteiger charge is 2.24. The van der Waals surface area contributed by atoms with Crippen molar-refractivity contribution >= 4 is 6.41 Å². The molecule has 1 N–H and O–H groups in total. The van der Waals surface area contributed by atoms with Gasteiger partial charge in [-0.15, -0.1) is 0 Å². The lowest BCUT2D eigenvalue weighted by Crippen LogP contribution is -2.37. The van der Waals surface area contributed by atoms with Crippen molar-refractivity contribution in [1.29, 1.82) is 0 Å². The zero-order valence-electron chi connectivity index (χ0n) is 10.6. The van der Waals surface area contributed by atoms with Gasteiger partial charge in [0.1, 0.15) is 0 Å². The lowest BCUT2D eigenvalue weighted by molar-refractivity contribution is -0.110. The molecule has 1 atom stereocenters. The predicted octanol–water partition coefficient (Wildman–Crippen LogP) is 2.59. The molecule has 0 aliphatic heterocycles. The van der Waals surface area contributed by atoms with E-state index in [0.717, 1.165) is 6.41 Å². The summed E-state index contributed by atoms with van der Waals surface area (Å²) in [4.78, 5) is 10.3. The minimum Gasteiger partial charge on any atom is -0.355 e. The molecule has 1 saturated carbocycles. The summed E-state index contributed by atoms with van der Waals surface area (Å²) in [5.74, 6) is 7.09. The van der Waals surface area contributed by atoms with E-state index < -0.39 is 0 Å². The van der Waals surface area contributed by atoms with Crippen molar-refractivity contribution in [3.63, 3.8) is 0 Å². The largest absolute Gasteiger partial charge is 0.355 e. The quantitative estimate of drug-likeness (QED) is 0.562. The van der Waals surface area contributed by atoms with Crippen molar-refractivity contribution in [2.75, 3.05) is 0 Å². The third-order valence-corrected chi connectivity index (χ3v) is 2.58. The summed E-state index contributed by atoms with van der Waals surface area (Å²) < 4.78 is 0. The van der Waals surface area contributed by atoms with Crippen molar-refractivity contribution < 1.29 is 4.79 Å². The molecule has 0 radical (unpaired) electrons. The van der Waals surface area contributed by atoms with E-state index in [1.54, 1.807) is 0 Å². The highest BCUT2D eigenvalue weighted by Crippen LogP contribution is 2.29. The van der Waals surface area contributed by atoms with Gasteiger partial charge in [-0.05, 0) is 33.6 Å². The van der Waals surface area contributed by atoms with Crippen molar-refractivity contribution in [3.05, 3.63) is 0 Å². The first-order chi connectivity index (χ1) is 7.06. The van der Waals surface area contributed by atoms with Crippen LogP contribution >= 0.6 is 0 Å². The van der Waals surface area contributed by atoms with Gasteiger partial charge in [-0.2, -0.15) is 0 Å². The Morgan fingerprint density at radius 2 is 1.93 bits per heavy atom. The van der Waals surface area contributed by atoms with Crippen LogP contribution in [0.2, 0.25) is 0 Å². The average Bonchev–Trinajstić information content (AvgIpc) is 3.02. The maximum absolute atomic E-state index is 10.3. The SMILES string of the molecule is CC.CC(NC=O)C(C)(C)C#CC1CC1. The van der Waals surface area contributed by atoms with Crippen molar-refractivity contribution in [3.8, 4) is 11.8 Å². The summed E-state index contributed by atoms with van der Waals surface area (Å²) >= 11 is 0. The van der Waals surface area contributed by atoms with E-state index in [1.807, 2.05) is 20.8 Å². The molecule has 1 fully saturated rings. The van der Waals surface area contributed by atoms with Crippen molar-refractivity contribution in [2.24, 2.45) is 11.3 Å². The lowest BCUT2D eigenvalue weighted by atomic mass is 9.86. The number of rotatable bonds is 3. The number of hydrogen-bond acceptors (Lipinski definition) is 1. The number of hydrogen-bond donors (Lipinski definition) is 1. The number of nitrogens with one attached hydrogen (secondary N) is 1. The predicted molar refractivity (Wildman–Crippen MR) is 64.3 cm³/mol. The van der Waals surface area contributed by atoms with Gasteiger partial charge in [0.05, 0.1) is 0 Å². The standard InChI is InChI=1S/C11H17NO.C2H6/c1-9(12-8-13)11(2,3)7-6-10-4-5-10;1-2/h8-10H,4-5H2,1-3H3,(H,12,13);1-2H3. The second-order valence-electron chi connectivity index (χ2n) is 4.27. The molecule has 1 rings (SSSR count). The third-order valence-electron chi connectivity index (χ3n) is 2.58. The van der Waals surface area contributed by atoms with Gasteiger partial charge in [0.2, 0.25) is 6.41 Å². The van der Waals surface area contributed by atoms with Gasteiger partial charge in [0.15, 0.2) is 0 Å². The summed E-state index contributed by atoms with van der Waals surface area (Å²) in [6.07, 6.45) is 3.24. The molecule has 0 aromatic rings. The second kappa shape index (κ2) is 6.50. The van der Waals surface area contributed by atoms with E-state index in [9.17, 15) is 4.79 Å². The normalized spacial score (nSPS) is 16.3. The van der Waals surface area contributed by atoms with Crippen LogP contribution < -0.4 is 5.32 Å². The van der Waals surface area contributed by atoms with E-state index in [0.29, 0.717) is 5.92 Å². The highest BCUT2D eigenvalue weighted by molar-refractivity contribution is 5.47. The zero-order valence-corrected chi connectivity index (χ0v) is 10.6. The fraction of sp³-hybridized carbons (Fsp3) is 0.769. The Balaban J connectivity index is 0.000000921. The van der Waals surface area contributed by atoms with Gasteiger partial charge >= 0.3 is 0 Å². The lowest BCUT2D eigenvalue weighted by Gasteiger charge is -2.25. The molecule has 0 saturated heterocycles. The molecule has 1 amide bonds. The Kier molecular flexibility index (Phi) is 6.08. The Morgan fingerprint density at radius 1 is 1.40 bits per heavy atom. The zero-order chi connectivity index (χ0) is 11.9. The van der Waals surface area contributed by atoms with Gasteiger partial charge < -0.3 is 5.32 Å². The van der Waals surface area contributed by atoms with Crippen LogP contribution in [-0.4, -0.2) is 12.5 Å². The van der Waals surface area contributed by atoms with Crippen molar-refractivity contribution in [2.45, 2.75) is 53.5 Å². The van der Waals surface area contributed by atoms with E-state index in [4.69, 9.17) is 0 Å².